The number of imide groups is 1. The normalized spacial score (nSPS) is 23.1. The number of phenolic OH excluding ortho intramolecular Hbond substituents is 1. The van der Waals surface area contributed by atoms with Gasteiger partial charge in [-0.3, -0.25) is 28.9 Å². The molecule has 0 radical (unpaired) electrons. The molecular formula is C36H48N4O12. The second-order valence-electron chi connectivity index (χ2n) is 16.0. The third-order valence-corrected chi connectivity index (χ3v) is 9.68. The van der Waals surface area contributed by atoms with Gasteiger partial charge in [-0.2, -0.15) is 0 Å². The van der Waals surface area contributed by atoms with Crippen molar-refractivity contribution in [2.24, 2.45) is 28.4 Å². The number of nitrogens with two attached hydrogens (primary N) is 1. The largest absolute Gasteiger partial charge is 0.510 e. The summed E-state index contributed by atoms with van der Waals surface area (Å²) in [4.78, 5) is 83.3. The van der Waals surface area contributed by atoms with Gasteiger partial charge in [0.05, 0.1) is 23.6 Å². The molecule has 1 aromatic carbocycles. The van der Waals surface area contributed by atoms with Crippen LogP contribution in [0, 0.1) is 22.7 Å². The van der Waals surface area contributed by atoms with Crippen LogP contribution >= 0.6 is 0 Å². The van der Waals surface area contributed by atoms with E-state index in [1.165, 1.54) is 11.0 Å². The molecule has 4 rings (SSSR count). The van der Waals surface area contributed by atoms with Gasteiger partial charge in [0.1, 0.15) is 22.8 Å². The maximum Gasteiger partial charge on any atom is 0.419 e. The summed E-state index contributed by atoms with van der Waals surface area (Å²) in [6.45, 7) is 8.09. The number of aromatic hydroxyl groups is 1. The van der Waals surface area contributed by atoms with Crippen molar-refractivity contribution in [2.45, 2.75) is 72.6 Å². The van der Waals surface area contributed by atoms with Crippen molar-refractivity contribution in [2.75, 3.05) is 39.9 Å². The molecule has 0 aliphatic heterocycles. The molecule has 6 N–H and O–H groups in total. The summed E-state index contributed by atoms with van der Waals surface area (Å²) in [5, 5.41) is 46.3. The lowest BCUT2D eigenvalue weighted by Gasteiger charge is -2.50. The zero-order valence-electron chi connectivity index (χ0n) is 31.1. The molecular weight excluding hydrogens is 680 g/mol. The number of hydrogen-bond acceptors (Lipinski definition) is 14. The number of carbonyl (C=O) groups is 6. The molecule has 0 saturated carbocycles. The number of anilines is 1. The second-order valence-corrected chi connectivity index (χ2v) is 16.0. The van der Waals surface area contributed by atoms with Gasteiger partial charge in [0, 0.05) is 42.3 Å². The van der Waals surface area contributed by atoms with Crippen LogP contribution in [0.1, 0.15) is 69.4 Å². The maximum atomic E-state index is 14.4. The highest BCUT2D eigenvalue weighted by atomic mass is 16.7. The number of esters is 1. The quantitative estimate of drug-likeness (QED) is 0.154. The van der Waals surface area contributed by atoms with Crippen molar-refractivity contribution in [3.63, 3.8) is 0 Å². The predicted molar refractivity (Wildman–Crippen MR) is 185 cm³/mol. The summed E-state index contributed by atoms with van der Waals surface area (Å²) in [6, 6.07) is 0.364. The van der Waals surface area contributed by atoms with E-state index in [1.807, 2.05) is 0 Å². The van der Waals surface area contributed by atoms with Gasteiger partial charge < -0.3 is 40.5 Å². The molecule has 284 valence electrons. The van der Waals surface area contributed by atoms with Gasteiger partial charge in [0.25, 0.3) is 5.91 Å². The highest BCUT2D eigenvalue weighted by Gasteiger charge is 2.63. The molecule has 0 unspecified atom stereocenters. The summed E-state index contributed by atoms with van der Waals surface area (Å²) in [6.07, 6.45) is -1.26. The SMILES string of the molecule is CN(C)c1cc(CN(C(=O)OCOC(=O)C(C)(C)C)C(=O)C(C)(C)C)c(O)c2c1C[C@H]1C[C@H]3[C@H](N(C)C)C(O)=C(C(N)=O)C(=O)[C@@]3(O)C(O)=C1C2=O. The first-order valence-electron chi connectivity index (χ1n) is 16.6. The second kappa shape index (κ2) is 13.5. The minimum atomic E-state index is -2.82. The van der Waals surface area contributed by atoms with Crippen LogP contribution in [-0.2, 0) is 41.6 Å². The van der Waals surface area contributed by atoms with E-state index in [-0.39, 0.29) is 29.5 Å². The number of carbonyl (C=O) groups excluding carboxylic acids is 6. The number of aliphatic hydroxyl groups excluding tert-OH is 2. The number of fused-ring (bicyclic) bond motifs is 3. The van der Waals surface area contributed by atoms with E-state index < -0.39 is 106 Å². The van der Waals surface area contributed by atoms with E-state index in [4.69, 9.17) is 15.2 Å². The minimum Gasteiger partial charge on any atom is -0.510 e. The third-order valence-electron chi connectivity index (χ3n) is 9.68. The average Bonchev–Trinajstić information content (AvgIpc) is 3.00. The molecule has 52 heavy (non-hydrogen) atoms. The number of phenols is 1. The topological polar surface area (TPSA) is 238 Å². The Morgan fingerprint density at radius 3 is 2.06 bits per heavy atom. The Labute approximate surface area is 301 Å². The van der Waals surface area contributed by atoms with Crippen molar-refractivity contribution >= 4 is 41.1 Å². The molecule has 1 aromatic rings. The molecule has 0 fully saturated rings. The Balaban J connectivity index is 1.84. The number of ether oxygens (including phenoxy) is 2. The number of amides is 3. The fourth-order valence-corrected chi connectivity index (χ4v) is 7.09. The lowest BCUT2D eigenvalue weighted by atomic mass is 9.58. The summed E-state index contributed by atoms with van der Waals surface area (Å²) >= 11 is 0. The fourth-order valence-electron chi connectivity index (χ4n) is 7.09. The molecule has 16 nitrogen and oxygen atoms in total. The van der Waals surface area contributed by atoms with Crippen LogP contribution in [0.2, 0.25) is 0 Å². The standard InChI is InChI=1S/C36H48N4O12/c1-34(2,3)31(47)40(33(49)52-15-51-32(48)35(4,5)6)14-17-13-20(38(7)8)18-11-16-12-19-24(39(9)10)27(43)23(30(37)46)29(45)36(19,50)28(44)21(16)26(42)22(18)25(17)41/h13,16,19,24,41,43-44,50H,11-12,14-15H2,1-10H3,(H2,37,46)/t16-,19-,24-,36-/m0/s1. The fraction of sp³-hybridized carbons (Fsp3) is 0.556. The Morgan fingerprint density at radius 1 is 0.962 bits per heavy atom. The van der Waals surface area contributed by atoms with E-state index in [9.17, 15) is 49.2 Å². The lowest BCUT2D eigenvalue weighted by Crippen LogP contribution is -2.63. The van der Waals surface area contributed by atoms with Crippen LogP contribution in [-0.4, -0.2) is 112 Å². The Kier molecular flexibility index (Phi) is 10.4. The number of primary amides is 1. The van der Waals surface area contributed by atoms with E-state index in [0.29, 0.717) is 16.2 Å². The van der Waals surface area contributed by atoms with Crippen molar-refractivity contribution in [1.29, 1.82) is 0 Å². The van der Waals surface area contributed by atoms with Crippen LogP contribution in [0.5, 0.6) is 5.75 Å². The Bertz CT molecular complexity index is 1810. The first-order chi connectivity index (χ1) is 23.8. The number of rotatable bonds is 7. The average molecular weight is 729 g/mol. The Morgan fingerprint density at radius 2 is 1.56 bits per heavy atom. The number of allylic oxidation sites excluding steroid dienone is 1. The molecule has 16 heteroatoms. The number of benzene rings is 1. The smallest absolute Gasteiger partial charge is 0.419 e. The van der Waals surface area contributed by atoms with Crippen molar-refractivity contribution < 1.29 is 58.7 Å². The number of ketones is 2. The first-order valence-corrected chi connectivity index (χ1v) is 16.6. The molecule has 0 heterocycles. The van der Waals surface area contributed by atoms with Gasteiger partial charge in [-0.15, -0.1) is 0 Å². The zero-order valence-corrected chi connectivity index (χ0v) is 31.1. The lowest BCUT2D eigenvalue weighted by molar-refractivity contribution is -0.162. The van der Waals surface area contributed by atoms with Crippen LogP contribution in [0.4, 0.5) is 10.5 Å². The number of likely N-dealkylation sites (N-methyl/N-ethyl adjacent to an activating group) is 1. The van der Waals surface area contributed by atoms with Gasteiger partial charge in [0.2, 0.25) is 18.5 Å². The molecule has 4 atom stereocenters. The van der Waals surface area contributed by atoms with Crippen LogP contribution in [0.25, 0.3) is 0 Å². The molecule has 0 saturated heterocycles. The van der Waals surface area contributed by atoms with Gasteiger partial charge in [-0.05, 0) is 65.3 Å². The van der Waals surface area contributed by atoms with Crippen LogP contribution in [0.15, 0.2) is 28.7 Å². The number of nitrogens with zero attached hydrogens (tertiary/aromatic N) is 3. The number of Topliss-reactive ketones (excluding diaryl/α,β-unsaturated/α-hetero) is 2. The minimum absolute atomic E-state index is 0.0295. The molecule has 3 aliphatic carbocycles. The molecule has 0 bridgehead atoms. The maximum absolute atomic E-state index is 14.4. The van der Waals surface area contributed by atoms with Crippen molar-refractivity contribution in [3.8, 4) is 5.75 Å². The predicted octanol–water partition coefficient (Wildman–Crippen LogP) is 2.24. The summed E-state index contributed by atoms with van der Waals surface area (Å²) < 4.78 is 10.2. The van der Waals surface area contributed by atoms with E-state index in [0.717, 1.165) is 0 Å². The highest BCUT2D eigenvalue weighted by molar-refractivity contribution is 6.25. The van der Waals surface area contributed by atoms with E-state index >= 15 is 0 Å². The van der Waals surface area contributed by atoms with Crippen LogP contribution < -0.4 is 10.6 Å². The zero-order chi connectivity index (χ0) is 39.6. The monoisotopic (exact) mass is 728 g/mol. The van der Waals surface area contributed by atoms with Gasteiger partial charge >= 0.3 is 12.1 Å². The van der Waals surface area contributed by atoms with Gasteiger partial charge in [-0.1, -0.05) is 20.8 Å². The van der Waals surface area contributed by atoms with E-state index in [1.54, 1.807) is 74.6 Å². The molecule has 3 amide bonds. The van der Waals surface area contributed by atoms with E-state index in [2.05, 4.69) is 0 Å². The summed E-state index contributed by atoms with van der Waals surface area (Å²) in [7, 11) is 6.43. The summed E-state index contributed by atoms with van der Waals surface area (Å²) in [5.41, 5.74) is -0.287. The van der Waals surface area contributed by atoms with Crippen LogP contribution in [0.3, 0.4) is 0 Å². The number of aliphatic hydroxyl groups is 3. The number of hydrogen-bond donors (Lipinski definition) is 5. The molecule has 0 aromatic heterocycles. The van der Waals surface area contributed by atoms with Gasteiger partial charge in [-0.25, -0.2) is 9.69 Å². The molecule has 3 aliphatic rings. The van der Waals surface area contributed by atoms with Crippen molar-refractivity contribution in [3.05, 3.63) is 45.4 Å². The Hall–Kier alpha value is -4.96. The van der Waals surface area contributed by atoms with Gasteiger partial charge in [0.15, 0.2) is 11.4 Å². The first kappa shape index (κ1) is 39.8. The third kappa shape index (κ3) is 6.60. The van der Waals surface area contributed by atoms with Crippen molar-refractivity contribution in [1.82, 2.24) is 9.80 Å². The highest BCUT2D eigenvalue weighted by Crippen LogP contribution is 2.53. The summed E-state index contributed by atoms with van der Waals surface area (Å²) in [5.74, 6) is -9.34. The molecule has 0 spiro atoms.